The van der Waals surface area contributed by atoms with Gasteiger partial charge in [0.15, 0.2) is 0 Å². The topological polar surface area (TPSA) is 77.8 Å². The van der Waals surface area contributed by atoms with Crippen molar-refractivity contribution in [2.75, 3.05) is 4.90 Å². The Balaban J connectivity index is 2.04. The Labute approximate surface area is 195 Å². The molecule has 1 unspecified atom stereocenters. The van der Waals surface area contributed by atoms with Crippen LogP contribution in [0.2, 0.25) is 0 Å². The lowest BCUT2D eigenvalue weighted by Crippen LogP contribution is -2.48. The van der Waals surface area contributed by atoms with Gasteiger partial charge in [-0.1, -0.05) is 30.4 Å². The molecular formula is C26H35NO4S. The molecule has 0 aliphatic heterocycles. The number of anilines is 1. The number of carboxylic acids is 1. The van der Waals surface area contributed by atoms with E-state index in [9.17, 15) is 19.8 Å². The second-order valence-corrected chi connectivity index (χ2v) is 11.4. The highest BCUT2D eigenvalue weighted by atomic mass is 32.1. The minimum Gasteiger partial charge on any atom is -0.477 e. The van der Waals surface area contributed by atoms with Crippen LogP contribution in [-0.2, 0) is 4.79 Å². The van der Waals surface area contributed by atoms with E-state index in [0.717, 1.165) is 17.8 Å². The zero-order chi connectivity index (χ0) is 23.6. The number of aliphatic hydroxyl groups is 1. The Bertz CT molecular complexity index is 951. The fourth-order valence-corrected chi connectivity index (χ4v) is 5.49. The van der Waals surface area contributed by atoms with Crippen LogP contribution in [0.1, 0.15) is 87.7 Å². The van der Waals surface area contributed by atoms with Gasteiger partial charge in [0, 0.05) is 17.4 Å². The minimum atomic E-state index is -1.03. The SMILES string of the molecule is CC1=CCC(C(=O)N(c2cc(C#CC(C)(C)C)sc2C(=O)O)[C@H]2CC[C@H](O)CC2)[C@@H](C)C1. The smallest absolute Gasteiger partial charge is 0.348 e. The summed E-state index contributed by atoms with van der Waals surface area (Å²) >= 11 is 1.14. The molecule has 1 aromatic rings. The number of carboxylic acid groups (broad SMARTS) is 1. The van der Waals surface area contributed by atoms with Crippen LogP contribution < -0.4 is 4.90 Å². The maximum absolute atomic E-state index is 13.9. The second-order valence-electron chi connectivity index (χ2n) is 10.4. The summed E-state index contributed by atoms with van der Waals surface area (Å²) in [6.07, 6.45) is 5.93. The first-order valence-corrected chi connectivity index (χ1v) is 12.3. The minimum absolute atomic E-state index is 0.00160. The first kappa shape index (κ1) is 24.5. The van der Waals surface area contributed by atoms with Gasteiger partial charge in [0.2, 0.25) is 5.91 Å². The number of aliphatic hydroxyl groups excluding tert-OH is 1. The van der Waals surface area contributed by atoms with Gasteiger partial charge in [0.05, 0.1) is 16.7 Å². The molecule has 6 heteroatoms. The molecule has 174 valence electrons. The van der Waals surface area contributed by atoms with Crippen molar-refractivity contribution in [2.24, 2.45) is 17.3 Å². The molecule has 2 N–H and O–H groups in total. The van der Waals surface area contributed by atoms with Crippen LogP contribution in [-0.4, -0.2) is 34.2 Å². The summed E-state index contributed by atoms with van der Waals surface area (Å²) < 4.78 is 0. The summed E-state index contributed by atoms with van der Waals surface area (Å²) in [7, 11) is 0. The number of hydrogen-bond acceptors (Lipinski definition) is 4. The molecule has 0 spiro atoms. The Morgan fingerprint density at radius 1 is 1.19 bits per heavy atom. The second kappa shape index (κ2) is 9.80. The van der Waals surface area contributed by atoms with Crippen molar-refractivity contribution >= 4 is 28.9 Å². The van der Waals surface area contributed by atoms with Crippen LogP contribution in [0.3, 0.4) is 0 Å². The number of allylic oxidation sites excluding steroid dienone is 2. The van der Waals surface area contributed by atoms with Crippen molar-refractivity contribution in [3.05, 3.63) is 27.5 Å². The van der Waals surface area contributed by atoms with Gasteiger partial charge in [-0.25, -0.2) is 4.79 Å². The summed E-state index contributed by atoms with van der Waals surface area (Å²) in [6.45, 7) is 10.2. The largest absolute Gasteiger partial charge is 0.477 e. The van der Waals surface area contributed by atoms with Crippen molar-refractivity contribution in [1.29, 1.82) is 0 Å². The molecule has 1 aromatic heterocycles. The van der Waals surface area contributed by atoms with Gasteiger partial charge < -0.3 is 15.1 Å². The Hall–Kier alpha value is -2.10. The van der Waals surface area contributed by atoms with Crippen LogP contribution in [0.15, 0.2) is 17.7 Å². The first-order valence-electron chi connectivity index (χ1n) is 11.5. The summed E-state index contributed by atoms with van der Waals surface area (Å²) in [5.41, 5.74) is 1.56. The van der Waals surface area contributed by atoms with E-state index in [1.54, 1.807) is 11.0 Å². The lowest BCUT2D eigenvalue weighted by Gasteiger charge is -2.39. The van der Waals surface area contributed by atoms with Crippen LogP contribution in [0, 0.1) is 29.1 Å². The van der Waals surface area contributed by atoms with E-state index in [1.165, 1.54) is 5.57 Å². The Morgan fingerprint density at radius 3 is 2.41 bits per heavy atom. The van der Waals surface area contributed by atoms with Crippen molar-refractivity contribution in [3.63, 3.8) is 0 Å². The number of thiophene rings is 1. The average molecular weight is 458 g/mol. The molecule has 1 saturated carbocycles. The normalized spacial score (nSPS) is 26.0. The van der Waals surface area contributed by atoms with Gasteiger partial charge >= 0.3 is 5.97 Å². The molecular weight excluding hydrogens is 422 g/mol. The molecule has 2 aliphatic rings. The van der Waals surface area contributed by atoms with Gasteiger partial charge in [0.1, 0.15) is 4.88 Å². The number of aromatic carboxylic acids is 1. The predicted molar refractivity (Wildman–Crippen MR) is 129 cm³/mol. The zero-order valence-corrected chi connectivity index (χ0v) is 20.6. The highest BCUT2D eigenvalue weighted by Gasteiger charge is 2.38. The van der Waals surface area contributed by atoms with Crippen LogP contribution in [0.5, 0.6) is 0 Å². The van der Waals surface area contributed by atoms with Crippen LogP contribution in [0.4, 0.5) is 5.69 Å². The zero-order valence-electron chi connectivity index (χ0n) is 19.8. The third-order valence-corrected chi connectivity index (χ3v) is 7.39. The van der Waals surface area contributed by atoms with E-state index in [2.05, 4.69) is 31.8 Å². The molecule has 3 rings (SSSR count). The number of hydrogen-bond donors (Lipinski definition) is 2. The van der Waals surface area contributed by atoms with E-state index in [1.807, 2.05) is 20.8 Å². The molecule has 2 aliphatic carbocycles. The monoisotopic (exact) mass is 457 g/mol. The first-order chi connectivity index (χ1) is 15.0. The molecule has 1 amide bonds. The van der Waals surface area contributed by atoms with E-state index in [-0.39, 0.29) is 40.2 Å². The number of carbonyl (C=O) groups is 2. The van der Waals surface area contributed by atoms with Gasteiger partial charge in [-0.3, -0.25) is 4.79 Å². The molecule has 0 radical (unpaired) electrons. The van der Waals surface area contributed by atoms with Gasteiger partial charge in [0.25, 0.3) is 0 Å². The summed E-state index contributed by atoms with van der Waals surface area (Å²) in [4.78, 5) is 28.6. The third kappa shape index (κ3) is 5.82. The number of amides is 1. The fraction of sp³-hybridized carbons (Fsp3) is 0.615. The van der Waals surface area contributed by atoms with E-state index >= 15 is 0 Å². The van der Waals surface area contributed by atoms with E-state index < -0.39 is 5.97 Å². The summed E-state index contributed by atoms with van der Waals surface area (Å²) in [6, 6.07) is 1.67. The van der Waals surface area contributed by atoms with Crippen molar-refractivity contribution in [1.82, 2.24) is 0 Å². The highest BCUT2D eigenvalue weighted by molar-refractivity contribution is 7.15. The molecule has 0 saturated heterocycles. The van der Waals surface area contributed by atoms with Gasteiger partial charge in [-0.15, -0.1) is 11.3 Å². The standard InChI is InChI=1S/C26H35NO4S/c1-16-6-11-21(17(2)14-16)24(29)27(18-7-9-19(28)10-8-18)22-15-20(12-13-26(3,4)5)32-23(22)25(30)31/h6,15,17-19,21,28H,7-11,14H2,1-5H3,(H,30,31)/t17-,18-,19-,21?/m0/s1. The van der Waals surface area contributed by atoms with E-state index in [0.29, 0.717) is 42.7 Å². The molecule has 0 bridgehead atoms. The molecule has 2 atom stereocenters. The molecule has 0 aromatic carbocycles. The summed E-state index contributed by atoms with van der Waals surface area (Å²) in [5, 5.41) is 20.0. The van der Waals surface area contributed by atoms with Crippen LogP contribution in [0.25, 0.3) is 0 Å². The number of carbonyl (C=O) groups excluding carboxylic acids is 1. The average Bonchev–Trinajstić information content (AvgIpc) is 3.12. The molecule has 1 heterocycles. The lowest BCUT2D eigenvalue weighted by atomic mass is 9.79. The lowest BCUT2D eigenvalue weighted by molar-refractivity contribution is -0.124. The van der Waals surface area contributed by atoms with Crippen molar-refractivity contribution < 1.29 is 19.8 Å². The Kier molecular flexibility index (Phi) is 7.52. The quantitative estimate of drug-likeness (QED) is 0.464. The van der Waals surface area contributed by atoms with Crippen molar-refractivity contribution in [2.45, 2.75) is 85.3 Å². The molecule has 32 heavy (non-hydrogen) atoms. The van der Waals surface area contributed by atoms with Gasteiger partial charge in [-0.2, -0.15) is 0 Å². The molecule has 5 nitrogen and oxygen atoms in total. The maximum atomic E-state index is 13.9. The van der Waals surface area contributed by atoms with Crippen LogP contribution >= 0.6 is 11.3 Å². The predicted octanol–water partition coefficient (Wildman–Crippen LogP) is 5.47. The van der Waals surface area contributed by atoms with Crippen molar-refractivity contribution in [3.8, 4) is 11.8 Å². The van der Waals surface area contributed by atoms with Gasteiger partial charge in [-0.05, 0) is 78.2 Å². The van der Waals surface area contributed by atoms with E-state index in [4.69, 9.17) is 0 Å². The Morgan fingerprint density at radius 2 is 1.84 bits per heavy atom. The molecule has 1 fully saturated rings. The third-order valence-electron chi connectivity index (χ3n) is 6.36. The highest BCUT2D eigenvalue weighted by Crippen LogP contribution is 2.39. The number of nitrogens with zero attached hydrogens (tertiary/aromatic N) is 1. The fourth-order valence-electron chi connectivity index (χ4n) is 4.65. The maximum Gasteiger partial charge on any atom is 0.348 e. The number of rotatable bonds is 4. The summed E-state index contributed by atoms with van der Waals surface area (Å²) in [5.74, 6) is 5.29.